The first-order valence-electron chi connectivity index (χ1n) is 12.8. The zero-order valence-corrected chi connectivity index (χ0v) is 22.8. The molecule has 45 heavy (non-hydrogen) atoms. The van der Waals surface area contributed by atoms with Gasteiger partial charge in [-0.2, -0.15) is 74.6 Å². The van der Waals surface area contributed by atoms with E-state index in [2.05, 4.69) is 4.74 Å². The molecule has 0 aliphatic heterocycles. The second-order valence-electron chi connectivity index (χ2n) is 9.68. The predicted molar refractivity (Wildman–Crippen MR) is 121 cm³/mol. The van der Waals surface area contributed by atoms with Gasteiger partial charge in [0, 0.05) is 0 Å². The highest BCUT2D eigenvalue weighted by Crippen LogP contribution is 2.64. The van der Waals surface area contributed by atoms with Gasteiger partial charge < -0.3 is 9.47 Å². The third-order valence-corrected chi connectivity index (χ3v) is 6.29. The highest BCUT2D eigenvalue weighted by atomic mass is 19.4. The number of hydrogen-bond donors (Lipinski definition) is 0. The standard InChI is InChI=1S/C25H25F17O3/c1-2-3-4-5-6-7-13-45-17(43)15-8-10-16(11-9-15)44-14-12-18(26,27)19(28,29)20(30,31)21(32,33)22(34,35)23(36,37)24(38,39)25(40,41)42/h8-11H,2-7,12-14H2,1H3. The predicted octanol–water partition coefficient (Wildman–Crippen LogP) is 9.98. The molecule has 0 fully saturated rings. The molecule has 3 nitrogen and oxygen atoms in total. The molecule has 0 radical (unpaired) electrons. The van der Waals surface area contributed by atoms with Crippen molar-refractivity contribution in [3.8, 4) is 5.75 Å². The molecule has 0 saturated heterocycles. The van der Waals surface area contributed by atoms with E-state index in [1.807, 2.05) is 6.92 Å². The molecule has 1 aromatic carbocycles. The molecular weight excluding hydrogens is 671 g/mol. The highest BCUT2D eigenvalue weighted by molar-refractivity contribution is 5.89. The number of rotatable bonds is 18. The number of alkyl halides is 17. The van der Waals surface area contributed by atoms with E-state index in [4.69, 9.17) is 4.74 Å². The summed E-state index contributed by atoms with van der Waals surface area (Å²) < 4.78 is 236. The van der Waals surface area contributed by atoms with Crippen molar-refractivity contribution >= 4 is 5.97 Å². The SMILES string of the molecule is CCCCCCCCOC(=O)c1ccc(OCCC(F)(F)C(F)(F)C(F)(F)C(F)(F)C(F)(F)C(F)(F)C(F)(F)C(F)(F)F)cc1. The molecule has 1 rings (SSSR count). The van der Waals surface area contributed by atoms with Crippen LogP contribution in [0.15, 0.2) is 24.3 Å². The van der Waals surface area contributed by atoms with Crippen molar-refractivity contribution in [2.45, 2.75) is 99.5 Å². The van der Waals surface area contributed by atoms with Gasteiger partial charge in [-0.25, -0.2) is 4.79 Å². The Morgan fingerprint density at radius 2 is 0.978 bits per heavy atom. The minimum Gasteiger partial charge on any atom is -0.493 e. The van der Waals surface area contributed by atoms with Crippen LogP contribution >= 0.6 is 0 Å². The lowest BCUT2D eigenvalue weighted by molar-refractivity contribution is -0.461. The molecule has 0 bridgehead atoms. The topological polar surface area (TPSA) is 35.5 Å². The fourth-order valence-electron chi connectivity index (χ4n) is 3.47. The molecular formula is C25H25F17O3. The molecule has 262 valence electrons. The van der Waals surface area contributed by atoms with Gasteiger partial charge in [0.15, 0.2) is 0 Å². The Hall–Kier alpha value is -2.70. The summed E-state index contributed by atoms with van der Waals surface area (Å²) in [6, 6.07) is 3.65. The van der Waals surface area contributed by atoms with Gasteiger partial charge in [0.05, 0.1) is 25.2 Å². The zero-order valence-electron chi connectivity index (χ0n) is 22.8. The van der Waals surface area contributed by atoms with Gasteiger partial charge in [-0.15, -0.1) is 0 Å². The van der Waals surface area contributed by atoms with E-state index in [-0.39, 0.29) is 12.2 Å². The van der Waals surface area contributed by atoms with Gasteiger partial charge >= 0.3 is 53.6 Å². The van der Waals surface area contributed by atoms with Crippen LogP contribution < -0.4 is 4.74 Å². The summed E-state index contributed by atoms with van der Waals surface area (Å²) >= 11 is 0. The molecule has 0 heterocycles. The Morgan fingerprint density at radius 3 is 1.44 bits per heavy atom. The molecule has 0 aliphatic carbocycles. The average molecular weight is 696 g/mol. The molecule has 0 unspecified atom stereocenters. The Bertz CT molecular complexity index is 1100. The van der Waals surface area contributed by atoms with E-state index in [1.54, 1.807) is 0 Å². The van der Waals surface area contributed by atoms with E-state index < -0.39 is 72.4 Å². The molecule has 20 heteroatoms. The molecule has 0 atom stereocenters. The van der Waals surface area contributed by atoms with Gasteiger partial charge in [-0.3, -0.25) is 0 Å². The summed E-state index contributed by atoms with van der Waals surface area (Å²) in [5.41, 5.74) is -0.124. The fourth-order valence-corrected chi connectivity index (χ4v) is 3.47. The maximum atomic E-state index is 14.0. The second-order valence-corrected chi connectivity index (χ2v) is 9.68. The molecule has 0 aromatic heterocycles. The summed E-state index contributed by atoms with van der Waals surface area (Å²) in [5, 5.41) is 0. The summed E-state index contributed by atoms with van der Waals surface area (Å²) in [7, 11) is 0. The van der Waals surface area contributed by atoms with Gasteiger partial charge in [-0.1, -0.05) is 39.0 Å². The zero-order chi connectivity index (χ0) is 35.3. The smallest absolute Gasteiger partial charge is 0.460 e. The first kappa shape index (κ1) is 40.3. The number of unbranched alkanes of at least 4 members (excludes halogenated alkanes) is 5. The van der Waals surface area contributed by atoms with Crippen molar-refractivity contribution in [2.75, 3.05) is 13.2 Å². The summed E-state index contributed by atoms with van der Waals surface area (Å²) in [4.78, 5) is 12.0. The number of hydrogen-bond acceptors (Lipinski definition) is 3. The van der Waals surface area contributed by atoms with Crippen molar-refractivity contribution in [1.82, 2.24) is 0 Å². The van der Waals surface area contributed by atoms with Gasteiger partial charge in [0.2, 0.25) is 0 Å². The van der Waals surface area contributed by atoms with Crippen molar-refractivity contribution in [1.29, 1.82) is 0 Å². The highest BCUT2D eigenvalue weighted by Gasteiger charge is 2.95. The third kappa shape index (κ3) is 7.82. The lowest BCUT2D eigenvalue weighted by atomic mass is 9.88. The van der Waals surface area contributed by atoms with Gasteiger partial charge in [-0.05, 0) is 30.7 Å². The Kier molecular flexibility index (Phi) is 12.5. The van der Waals surface area contributed by atoms with Crippen molar-refractivity contribution in [2.24, 2.45) is 0 Å². The minimum absolute atomic E-state index is 0.0461. The van der Waals surface area contributed by atoms with E-state index >= 15 is 0 Å². The van der Waals surface area contributed by atoms with Crippen LogP contribution in [-0.2, 0) is 4.74 Å². The maximum absolute atomic E-state index is 14.0. The van der Waals surface area contributed by atoms with Crippen LogP contribution in [0.25, 0.3) is 0 Å². The number of ether oxygens (including phenoxy) is 2. The Morgan fingerprint density at radius 1 is 0.556 bits per heavy atom. The van der Waals surface area contributed by atoms with E-state index in [1.165, 1.54) is 0 Å². The number of benzene rings is 1. The van der Waals surface area contributed by atoms with Crippen LogP contribution in [-0.4, -0.2) is 66.8 Å². The van der Waals surface area contributed by atoms with Crippen LogP contribution in [0.5, 0.6) is 5.75 Å². The third-order valence-electron chi connectivity index (χ3n) is 6.29. The molecule has 0 N–H and O–H groups in total. The van der Waals surface area contributed by atoms with Gasteiger partial charge in [0.25, 0.3) is 0 Å². The Balaban J connectivity index is 2.97. The Labute approximate surface area is 244 Å². The normalized spacial score (nSPS) is 14.4. The second kappa shape index (κ2) is 14.0. The first-order valence-corrected chi connectivity index (χ1v) is 12.8. The summed E-state index contributed by atoms with van der Waals surface area (Å²) in [6.07, 6.45) is -5.26. The van der Waals surface area contributed by atoms with E-state index in [0.29, 0.717) is 6.42 Å². The van der Waals surface area contributed by atoms with Crippen LogP contribution in [0.4, 0.5) is 74.6 Å². The van der Waals surface area contributed by atoms with Crippen LogP contribution in [0.2, 0.25) is 0 Å². The van der Waals surface area contributed by atoms with Crippen LogP contribution in [0, 0.1) is 0 Å². The lowest BCUT2D eigenvalue weighted by Gasteiger charge is -2.42. The number of esters is 1. The molecule has 1 aromatic rings. The van der Waals surface area contributed by atoms with Gasteiger partial charge in [0.1, 0.15) is 5.75 Å². The number of carbonyl (C=O) groups excluding carboxylic acids is 1. The summed E-state index contributed by atoms with van der Waals surface area (Å²) in [5.74, 6) is -58.1. The van der Waals surface area contributed by atoms with Crippen LogP contribution in [0.3, 0.4) is 0 Å². The molecule has 0 aliphatic rings. The van der Waals surface area contributed by atoms with Crippen molar-refractivity contribution in [3.63, 3.8) is 0 Å². The summed E-state index contributed by atoms with van der Waals surface area (Å²) in [6.45, 7) is 0.277. The lowest BCUT2D eigenvalue weighted by Crippen LogP contribution is -2.74. The fraction of sp³-hybridized carbons (Fsp3) is 0.720. The largest absolute Gasteiger partial charge is 0.493 e. The maximum Gasteiger partial charge on any atom is 0.460 e. The van der Waals surface area contributed by atoms with E-state index in [0.717, 1.165) is 56.4 Å². The van der Waals surface area contributed by atoms with Crippen molar-refractivity contribution in [3.05, 3.63) is 29.8 Å². The number of halogens is 17. The quantitative estimate of drug-likeness (QED) is 0.0871. The first-order chi connectivity index (χ1) is 20.2. The van der Waals surface area contributed by atoms with E-state index in [9.17, 15) is 79.4 Å². The number of carbonyl (C=O) groups is 1. The monoisotopic (exact) mass is 696 g/mol. The molecule has 0 amide bonds. The minimum atomic E-state index is -8.67. The van der Waals surface area contributed by atoms with Crippen molar-refractivity contribution < 1.29 is 88.9 Å². The van der Waals surface area contributed by atoms with Crippen LogP contribution in [0.1, 0.15) is 62.2 Å². The molecule has 0 spiro atoms. The molecule has 0 saturated carbocycles. The average Bonchev–Trinajstić information content (AvgIpc) is 2.91.